The molecule has 0 radical (unpaired) electrons. The first kappa shape index (κ1) is 25.5. The van der Waals surface area contributed by atoms with Crippen LogP contribution in [0.4, 0.5) is 13.2 Å². The summed E-state index contributed by atoms with van der Waals surface area (Å²) >= 11 is 0. The normalized spacial score (nSPS) is 17.3. The van der Waals surface area contributed by atoms with Gasteiger partial charge in [0.1, 0.15) is 5.75 Å². The number of carbonyl (C=O) groups excluding carboxylic acids is 1. The summed E-state index contributed by atoms with van der Waals surface area (Å²) in [6.45, 7) is 8.66. The molecule has 1 N–H and O–H groups in total. The van der Waals surface area contributed by atoms with E-state index >= 15 is 0 Å². The van der Waals surface area contributed by atoms with Gasteiger partial charge in [0, 0.05) is 26.2 Å². The predicted octanol–water partition coefficient (Wildman–Crippen LogP) is 5.54. The van der Waals surface area contributed by atoms with Crippen LogP contribution in [0.3, 0.4) is 0 Å². The number of hydrogen-bond donors (Lipinski definition) is 1. The summed E-state index contributed by atoms with van der Waals surface area (Å²) < 4.78 is 41.3. The molecule has 2 aromatic carbocycles. The van der Waals surface area contributed by atoms with Gasteiger partial charge in [0.05, 0.1) is 5.41 Å². The maximum Gasteiger partial charge on any atom is 0.573 e. The Morgan fingerprint density at radius 2 is 1.71 bits per heavy atom. The summed E-state index contributed by atoms with van der Waals surface area (Å²) in [6.07, 6.45) is -1.15. The minimum absolute atomic E-state index is 0.204. The zero-order valence-corrected chi connectivity index (χ0v) is 20.5. The molecule has 0 atom stereocenters. The van der Waals surface area contributed by atoms with Crippen LogP contribution in [-0.4, -0.2) is 30.5 Å². The Hall–Kier alpha value is -2.58. The number of nitrogens with one attached hydrogen (secondary N) is 1. The number of hydroxylamine groups is 2. The van der Waals surface area contributed by atoms with Crippen molar-refractivity contribution in [3.63, 3.8) is 0 Å². The molecule has 2 aromatic rings. The molecule has 5 nitrogen and oxygen atoms in total. The minimum Gasteiger partial charge on any atom is -0.406 e. The van der Waals surface area contributed by atoms with E-state index in [1.54, 1.807) is 17.2 Å². The Morgan fingerprint density at radius 3 is 2.34 bits per heavy atom. The fourth-order valence-corrected chi connectivity index (χ4v) is 4.67. The molecule has 0 saturated carbocycles. The Morgan fingerprint density at radius 1 is 1.03 bits per heavy atom. The number of halogens is 3. The number of alkyl halides is 3. The Labute approximate surface area is 204 Å². The molecule has 1 saturated heterocycles. The maximum absolute atomic E-state index is 12.4. The first-order chi connectivity index (χ1) is 16.5. The van der Waals surface area contributed by atoms with Gasteiger partial charge in [-0.1, -0.05) is 24.3 Å². The molecule has 0 spiro atoms. The highest BCUT2D eigenvalue weighted by Crippen LogP contribution is 2.30. The third-order valence-electron chi connectivity index (χ3n) is 6.59. The summed E-state index contributed by atoms with van der Waals surface area (Å²) in [6, 6.07) is 10.6. The number of piperidine rings is 1. The molecule has 8 heteroatoms. The molecule has 0 aliphatic carbocycles. The largest absolute Gasteiger partial charge is 0.573 e. The minimum atomic E-state index is -4.69. The first-order valence-electron chi connectivity index (χ1n) is 12.1. The standard InChI is InChI=1S/C27H33F3N2O3/c1-26(2,3)25(33)35-32-10-8-19(9-11-32)12-20-14-21(24-17-31-16-22(24)15-20)13-18-4-6-23(7-5-18)34-27(28,29)30/h4-7,14-15,19,31H,8-13,16-17H2,1-3H3. The van der Waals surface area contributed by atoms with E-state index in [9.17, 15) is 18.0 Å². The van der Waals surface area contributed by atoms with E-state index in [1.807, 2.05) is 20.8 Å². The smallest absolute Gasteiger partial charge is 0.406 e. The fourth-order valence-electron chi connectivity index (χ4n) is 4.67. The maximum atomic E-state index is 12.4. The topological polar surface area (TPSA) is 50.8 Å². The van der Waals surface area contributed by atoms with Gasteiger partial charge in [-0.15, -0.1) is 18.2 Å². The van der Waals surface area contributed by atoms with Gasteiger partial charge in [0.15, 0.2) is 0 Å². The van der Waals surface area contributed by atoms with E-state index < -0.39 is 11.8 Å². The molecule has 0 unspecified atom stereocenters. The summed E-state index contributed by atoms with van der Waals surface area (Å²) in [7, 11) is 0. The van der Waals surface area contributed by atoms with E-state index in [1.165, 1.54) is 34.4 Å². The van der Waals surface area contributed by atoms with E-state index in [4.69, 9.17) is 4.84 Å². The van der Waals surface area contributed by atoms with Gasteiger partial charge in [-0.3, -0.25) is 0 Å². The second kappa shape index (κ2) is 10.2. The summed E-state index contributed by atoms with van der Waals surface area (Å²) in [5.74, 6) is 0.102. The van der Waals surface area contributed by atoms with E-state index in [0.717, 1.165) is 51.0 Å². The number of benzene rings is 2. The van der Waals surface area contributed by atoms with Crippen molar-refractivity contribution >= 4 is 5.97 Å². The lowest BCUT2D eigenvalue weighted by molar-refractivity contribution is -0.274. The van der Waals surface area contributed by atoms with Crippen molar-refractivity contribution in [3.8, 4) is 5.75 Å². The van der Waals surface area contributed by atoms with Crippen LogP contribution in [-0.2, 0) is 35.6 Å². The van der Waals surface area contributed by atoms with Crippen molar-refractivity contribution in [3.05, 3.63) is 64.2 Å². The average molecular weight is 491 g/mol. The van der Waals surface area contributed by atoms with Crippen LogP contribution >= 0.6 is 0 Å². The van der Waals surface area contributed by atoms with Gasteiger partial charge < -0.3 is 14.9 Å². The Balaban J connectivity index is 1.39. The van der Waals surface area contributed by atoms with Crippen molar-refractivity contribution in [2.45, 2.75) is 65.9 Å². The fraction of sp³-hybridized carbons (Fsp3) is 0.519. The molecule has 0 bridgehead atoms. The molecule has 0 aromatic heterocycles. The zero-order chi connectivity index (χ0) is 25.2. The zero-order valence-electron chi connectivity index (χ0n) is 20.5. The molecule has 35 heavy (non-hydrogen) atoms. The van der Waals surface area contributed by atoms with E-state index in [2.05, 4.69) is 22.2 Å². The number of ether oxygens (including phenoxy) is 1. The van der Waals surface area contributed by atoms with Crippen LogP contribution in [0.5, 0.6) is 5.75 Å². The molecule has 4 rings (SSSR count). The van der Waals surface area contributed by atoms with Crippen LogP contribution in [0.15, 0.2) is 36.4 Å². The molecule has 2 heterocycles. The van der Waals surface area contributed by atoms with Gasteiger partial charge >= 0.3 is 12.3 Å². The summed E-state index contributed by atoms with van der Waals surface area (Å²) in [4.78, 5) is 17.7. The van der Waals surface area contributed by atoms with Gasteiger partial charge in [-0.25, -0.2) is 4.79 Å². The lowest BCUT2D eigenvalue weighted by Gasteiger charge is -2.32. The van der Waals surface area contributed by atoms with Crippen LogP contribution < -0.4 is 10.1 Å². The number of fused-ring (bicyclic) bond motifs is 1. The lowest BCUT2D eigenvalue weighted by Crippen LogP contribution is -2.39. The van der Waals surface area contributed by atoms with Crippen molar-refractivity contribution in [1.82, 2.24) is 10.4 Å². The van der Waals surface area contributed by atoms with Crippen LogP contribution in [0.2, 0.25) is 0 Å². The Kier molecular flexibility index (Phi) is 7.43. The predicted molar refractivity (Wildman–Crippen MR) is 126 cm³/mol. The highest BCUT2D eigenvalue weighted by molar-refractivity contribution is 5.75. The SMILES string of the molecule is CC(C)(C)C(=O)ON1CCC(Cc2cc3c(c(Cc4ccc(OC(F)(F)F)cc4)c2)CNC3)CC1. The summed E-state index contributed by atoms with van der Waals surface area (Å²) in [5, 5.41) is 5.20. The first-order valence-corrected chi connectivity index (χ1v) is 12.1. The molecular formula is C27H33F3N2O3. The monoisotopic (exact) mass is 490 g/mol. The van der Waals surface area contributed by atoms with Crippen LogP contribution in [0.1, 0.15) is 61.4 Å². The highest BCUT2D eigenvalue weighted by Gasteiger charge is 2.31. The number of rotatable bonds is 6. The molecule has 2 aliphatic rings. The molecule has 1 fully saturated rings. The van der Waals surface area contributed by atoms with Gasteiger partial charge in [0.25, 0.3) is 0 Å². The van der Waals surface area contributed by atoms with E-state index in [-0.39, 0.29) is 11.7 Å². The second-order valence-corrected chi connectivity index (χ2v) is 10.6. The van der Waals surface area contributed by atoms with Crippen molar-refractivity contribution in [2.75, 3.05) is 13.1 Å². The van der Waals surface area contributed by atoms with Gasteiger partial charge in [-0.2, -0.15) is 0 Å². The van der Waals surface area contributed by atoms with Crippen molar-refractivity contribution in [1.29, 1.82) is 0 Å². The molecular weight excluding hydrogens is 457 g/mol. The van der Waals surface area contributed by atoms with Crippen molar-refractivity contribution < 1.29 is 27.5 Å². The summed E-state index contributed by atoms with van der Waals surface area (Å²) in [5.41, 5.74) is 5.50. The number of carbonyl (C=O) groups is 1. The Bertz CT molecular complexity index is 1040. The van der Waals surface area contributed by atoms with Gasteiger partial charge in [-0.05, 0) is 92.3 Å². The van der Waals surface area contributed by atoms with Crippen LogP contribution in [0.25, 0.3) is 0 Å². The average Bonchev–Trinajstić information content (AvgIpc) is 3.24. The molecule has 2 aliphatic heterocycles. The van der Waals surface area contributed by atoms with E-state index in [0.29, 0.717) is 12.3 Å². The molecule has 190 valence electrons. The van der Waals surface area contributed by atoms with Gasteiger partial charge in [0.2, 0.25) is 0 Å². The quantitative estimate of drug-likeness (QED) is 0.577. The molecule has 0 amide bonds. The van der Waals surface area contributed by atoms with Crippen molar-refractivity contribution in [2.24, 2.45) is 11.3 Å². The third-order valence-corrected chi connectivity index (χ3v) is 6.59. The van der Waals surface area contributed by atoms with Crippen LogP contribution in [0, 0.1) is 11.3 Å². The number of nitrogens with zero attached hydrogens (tertiary/aromatic N) is 1. The number of hydrogen-bond acceptors (Lipinski definition) is 5. The highest BCUT2D eigenvalue weighted by atomic mass is 19.4. The lowest BCUT2D eigenvalue weighted by atomic mass is 9.87. The third kappa shape index (κ3) is 6.98. The second-order valence-electron chi connectivity index (χ2n) is 10.6.